The fraction of sp³-hybridized carbons (Fsp3) is 0.0417. The van der Waals surface area contributed by atoms with Crippen molar-refractivity contribution in [3.8, 4) is 46.0 Å². The Morgan fingerprint density at radius 2 is 0.453 bits per heavy atom. The van der Waals surface area contributed by atoms with Gasteiger partial charge in [0.25, 0.3) is 0 Å². The van der Waals surface area contributed by atoms with E-state index in [4.69, 9.17) is 18.9 Å². The maximum absolute atomic E-state index is 15.1. The van der Waals surface area contributed by atoms with Gasteiger partial charge in [-0.05, 0) is 131 Å². The summed E-state index contributed by atoms with van der Waals surface area (Å²) in [5.74, 6) is -8.91. The van der Waals surface area contributed by atoms with Crippen LogP contribution in [0.4, 0.5) is 22.0 Å². The van der Waals surface area contributed by atoms with Crippen LogP contribution in [0.3, 0.4) is 0 Å². The van der Waals surface area contributed by atoms with Crippen molar-refractivity contribution in [3.05, 3.63) is 427 Å². The largest absolute Gasteiger partial charge is 0.508 e. The number of ether oxygens (including phenoxy) is 4. The molecular weight excluding hydrogens is 1500 g/mol. The highest BCUT2D eigenvalue weighted by molar-refractivity contribution is 6.05. The maximum Gasteiger partial charge on any atom is 0.340 e. The summed E-state index contributed by atoms with van der Waals surface area (Å²) < 4.78 is 96.0. The van der Waals surface area contributed by atoms with Gasteiger partial charge in [0.1, 0.15) is 17.2 Å². The standard InChI is InChI=1S/C28H16F2O4.C28H18O4.C20H12F2O4.C20H13FO4/c29-23-13-21(15-7-1-3-9-17(15)25(23)31)28(20-12-6-5-11-19(20)27(33)34-28)22-14-24(30)26(32)18-10-4-2-8-16(18)22;29-25-15-13-23(17-7-1-3-9-19(17)25)28(22-12-6-5-11-21(22)27(31)32-28)24-14-16-26(30)20-10-4-2-8-18(20)24;21-15-9-11(5-7-17(15)23)20(12-6-8-18(24)16(22)10-12)14-4-2-1-3-13(14)19(25)26-20;21-17-11-13(7-10-18(17)23)20(12-5-8-14(22)9-6-12)16-4-2-1-3-15(16)19(24)25-20/h1-14,31-32H;1-16,29-30H;1-10,23-24H;1-11,22-23H/i29-1,30-1;;21-1,22-1;21-1. The summed E-state index contributed by atoms with van der Waals surface area (Å²) in [7, 11) is 0. The number of esters is 4. The Bertz CT molecular complexity index is 6620. The molecule has 0 spiro atoms. The average molecular weight is 1560 g/mol. The summed E-state index contributed by atoms with van der Waals surface area (Å²) in [6, 6.07) is 82.1. The van der Waals surface area contributed by atoms with E-state index in [1.807, 2.05) is 78.9 Å². The third kappa shape index (κ3) is 11.8. The molecule has 0 amide bonds. The van der Waals surface area contributed by atoms with E-state index in [1.54, 1.807) is 152 Å². The predicted octanol–water partition coefficient (Wildman–Crippen LogP) is 19.5. The summed E-state index contributed by atoms with van der Waals surface area (Å²) in [6.45, 7) is 0. The molecule has 16 aromatic rings. The van der Waals surface area contributed by atoms with Gasteiger partial charge in [0.15, 0.2) is 80.2 Å². The van der Waals surface area contributed by atoms with Gasteiger partial charge in [0.2, 0.25) is 0 Å². The Morgan fingerprint density at radius 3 is 0.786 bits per heavy atom. The second-order valence-electron chi connectivity index (χ2n) is 28.0. The van der Waals surface area contributed by atoms with Crippen LogP contribution in [0.1, 0.15) is 108 Å². The number of fused-ring (bicyclic) bond motifs is 8. The van der Waals surface area contributed by atoms with Crippen molar-refractivity contribution in [3.63, 3.8) is 0 Å². The summed E-state index contributed by atoms with van der Waals surface area (Å²) in [5, 5.41) is 84.1. The van der Waals surface area contributed by atoms with Gasteiger partial charge in [-0.15, -0.1) is 0 Å². The first-order chi connectivity index (χ1) is 56.5. The number of phenolic OH excluding ortho intramolecular Hbond substituents is 8. The van der Waals surface area contributed by atoms with E-state index >= 15 is 8.78 Å². The van der Waals surface area contributed by atoms with Gasteiger partial charge in [-0.2, -0.15) is 0 Å². The summed E-state index contributed by atoms with van der Waals surface area (Å²) in [6.07, 6.45) is 0. The molecule has 0 saturated carbocycles. The Hall–Kier alpha value is -15.5. The monoisotopic (exact) mass is 1560 g/mol. The second-order valence-corrected chi connectivity index (χ2v) is 28.0. The zero-order valence-corrected chi connectivity index (χ0v) is 60.7. The van der Waals surface area contributed by atoms with Crippen molar-refractivity contribution in [2.45, 2.75) is 22.4 Å². The fourth-order valence-electron chi connectivity index (χ4n) is 16.4. The zero-order valence-electron chi connectivity index (χ0n) is 60.7. The molecule has 16 nitrogen and oxygen atoms in total. The fourth-order valence-corrected chi connectivity index (χ4v) is 16.4. The van der Waals surface area contributed by atoms with Crippen molar-refractivity contribution >= 4 is 67.0 Å². The molecule has 1 unspecified atom stereocenters. The van der Waals surface area contributed by atoms with E-state index < -0.39 is 104 Å². The van der Waals surface area contributed by atoms with E-state index in [9.17, 15) is 73.2 Å². The lowest BCUT2D eigenvalue weighted by molar-refractivity contribution is 0.0241. The van der Waals surface area contributed by atoms with Crippen LogP contribution in [-0.2, 0) is 41.4 Å². The van der Waals surface area contributed by atoms with Gasteiger partial charge in [-0.1, -0.05) is 200 Å². The molecule has 20 rings (SSSR count). The van der Waals surface area contributed by atoms with E-state index in [0.717, 1.165) is 69.9 Å². The average Bonchev–Trinajstić information content (AvgIpc) is 1.61. The summed E-state index contributed by atoms with van der Waals surface area (Å²) >= 11 is 0. The van der Waals surface area contributed by atoms with Crippen LogP contribution in [-0.4, -0.2) is 64.7 Å². The lowest BCUT2D eigenvalue weighted by atomic mass is 9.76. The summed E-state index contributed by atoms with van der Waals surface area (Å²) in [5.41, 5.74) is 0.930. The number of carbonyl (C=O) groups is 4. The van der Waals surface area contributed by atoms with Gasteiger partial charge in [-0.3, -0.25) is 0 Å². The molecule has 0 fully saturated rings. The number of rotatable bonds is 8. The molecular formula is C96H59F5O16. The highest BCUT2D eigenvalue weighted by Gasteiger charge is 2.54. The first-order valence-corrected chi connectivity index (χ1v) is 36.3. The third-order valence-corrected chi connectivity index (χ3v) is 21.7. The molecule has 0 aliphatic carbocycles. The lowest BCUT2D eigenvalue weighted by Gasteiger charge is -2.33. The van der Waals surface area contributed by atoms with Crippen molar-refractivity contribution in [2.24, 2.45) is 0 Å². The van der Waals surface area contributed by atoms with E-state index in [1.165, 1.54) is 36.4 Å². The van der Waals surface area contributed by atoms with Crippen LogP contribution in [0.5, 0.6) is 46.0 Å². The number of phenols is 8. The smallest absolute Gasteiger partial charge is 0.340 e. The van der Waals surface area contributed by atoms with Crippen molar-refractivity contribution in [2.75, 3.05) is 0 Å². The number of carbonyl (C=O) groups excluding carboxylic acids is 4. The van der Waals surface area contributed by atoms with Crippen molar-refractivity contribution in [1.29, 1.82) is 0 Å². The SMILES string of the molecule is O=C1OC(c2cc([18F])c(O)c3ccccc23)(c2cc([18F])c(O)c3ccccc23)c2ccccc21.O=C1OC(c2ccc(O)c([18F])c2)(c2ccc(O)c([18F])c2)c2ccccc21.O=C1OC(c2ccc(O)c3ccccc23)(c2ccc(O)c3ccccc23)c2ccccc21.O=C1OC(c2ccc(O)cc2)(c2ccc(O)c([18F])c2)c2ccccc21. The highest BCUT2D eigenvalue weighted by Crippen LogP contribution is 2.56. The molecule has 0 bridgehead atoms. The van der Waals surface area contributed by atoms with Gasteiger partial charge in [0.05, 0.1) is 22.3 Å². The molecule has 21 heteroatoms. The van der Waals surface area contributed by atoms with E-state index in [2.05, 4.69) is 0 Å². The molecule has 4 aliphatic heterocycles. The van der Waals surface area contributed by atoms with E-state index in [0.29, 0.717) is 60.5 Å². The molecule has 4 aliphatic rings. The number of benzene rings is 16. The molecule has 0 saturated heterocycles. The molecule has 4 heterocycles. The maximum atomic E-state index is 15.1. The number of cyclic esters (lactones) is 4. The molecule has 1 atom stereocenters. The first kappa shape index (κ1) is 74.2. The van der Waals surface area contributed by atoms with Crippen LogP contribution in [0.25, 0.3) is 43.1 Å². The summed E-state index contributed by atoms with van der Waals surface area (Å²) in [4.78, 5) is 51.1. The van der Waals surface area contributed by atoms with Gasteiger partial charge >= 0.3 is 23.9 Å². The Balaban J connectivity index is 0.000000113. The Kier molecular flexibility index (Phi) is 18.1. The minimum absolute atomic E-state index is 0.0633. The molecule has 0 radical (unpaired) electrons. The first-order valence-electron chi connectivity index (χ1n) is 36.3. The minimum Gasteiger partial charge on any atom is -0.508 e. The normalized spacial score (nSPS) is 15.4. The Labute approximate surface area is 660 Å². The number of aromatic hydroxyl groups is 8. The quantitative estimate of drug-likeness (QED) is 0.0399. The molecule has 117 heavy (non-hydrogen) atoms. The van der Waals surface area contributed by atoms with Crippen molar-refractivity contribution < 1.29 is 101 Å². The number of hydrogen-bond acceptors (Lipinski definition) is 16. The molecule has 16 aromatic carbocycles. The van der Waals surface area contributed by atoms with Crippen molar-refractivity contribution in [1.82, 2.24) is 0 Å². The van der Waals surface area contributed by atoms with Gasteiger partial charge in [-0.25, -0.2) is 41.1 Å². The lowest BCUT2D eigenvalue weighted by Crippen LogP contribution is -2.30. The molecule has 0 aromatic heterocycles. The zero-order chi connectivity index (χ0) is 81.6. The van der Waals surface area contributed by atoms with Crippen LogP contribution < -0.4 is 0 Å². The van der Waals surface area contributed by atoms with Crippen LogP contribution in [0, 0.1) is 29.1 Å². The molecule has 574 valence electrons. The topological polar surface area (TPSA) is 267 Å². The van der Waals surface area contributed by atoms with E-state index in [-0.39, 0.29) is 61.4 Å². The van der Waals surface area contributed by atoms with Gasteiger partial charge in [0, 0.05) is 88.3 Å². The number of hydrogen-bond donors (Lipinski definition) is 8. The third-order valence-electron chi connectivity index (χ3n) is 21.7. The van der Waals surface area contributed by atoms with Gasteiger partial charge < -0.3 is 59.8 Å². The molecule has 8 N–H and O–H groups in total. The second kappa shape index (κ2) is 28.6. The van der Waals surface area contributed by atoms with Crippen LogP contribution in [0.15, 0.2) is 309 Å². The Morgan fingerprint density at radius 1 is 0.205 bits per heavy atom. The highest BCUT2D eigenvalue weighted by atomic mass is 18.2. The minimum atomic E-state index is -1.74. The van der Waals surface area contributed by atoms with Crippen LogP contribution in [0.2, 0.25) is 0 Å². The van der Waals surface area contributed by atoms with Crippen LogP contribution >= 0.6 is 0 Å². The number of halogens is 5. The predicted molar refractivity (Wildman–Crippen MR) is 422 cm³/mol.